The molecule has 0 amide bonds. The molecule has 0 aliphatic carbocycles. The van der Waals surface area contributed by atoms with Crippen LogP contribution in [0.5, 0.6) is 0 Å². The summed E-state index contributed by atoms with van der Waals surface area (Å²) in [6, 6.07) is 4.33. The molecule has 1 rings (SSSR count). The Morgan fingerprint density at radius 3 is 2.50 bits per heavy atom. The van der Waals surface area contributed by atoms with Crippen LogP contribution in [0.15, 0.2) is 12.1 Å². The minimum atomic E-state index is 0.914. The Balaban J connectivity index is 2.52. The van der Waals surface area contributed by atoms with Crippen molar-refractivity contribution in [2.75, 3.05) is 45.7 Å². The van der Waals surface area contributed by atoms with E-state index in [0.717, 1.165) is 44.1 Å². The van der Waals surface area contributed by atoms with Crippen molar-refractivity contribution in [2.45, 2.75) is 33.2 Å². The van der Waals surface area contributed by atoms with E-state index in [2.05, 4.69) is 62.2 Å². The lowest BCUT2D eigenvalue weighted by atomic mass is 10.2. The van der Waals surface area contributed by atoms with Crippen molar-refractivity contribution in [3.63, 3.8) is 0 Å². The van der Waals surface area contributed by atoms with Gasteiger partial charge < -0.3 is 15.1 Å². The highest BCUT2D eigenvalue weighted by atomic mass is 15.2. The van der Waals surface area contributed by atoms with Crippen LogP contribution in [-0.2, 0) is 6.54 Å². The lowest BCUT2D eigenvalue weighted by Crippen LogP contribution is -2.24. The summed E-state index contributed by atoms with van der Waals surface area (Å²) >= 11 is 0. The molecule has 20 heavy (non-hydrogen) atoms. The van der Waals surface area contributed by atoms with Gasteiger partial charge in [-0.1, -0.05) is 13.0 Å². The van der Waals surface area contributed by atoms with Gasteiger partial charge in [-0.2, -0.15) is 0 Å². The average molecular weight is 278 g/mol. The fraction of sp³-hybridized carbons (Fsp3) is 0.688. The molecule has 114 valence electrons. The molecule has 0 aliphatic rings. The molecular weight excluding hydrogens is 248 g/mol. The Hall–Kier alpha value is -1.13. The first kappa shape index (κ1) is 16.9. The van der Waals surface area contributed by atoms with Crippen molar-refractivity contribution in [3.8, 4) is 0 Å². The monoisotopic (exact) mass is 278 g/mol. The summed E-state index contributed by atoms with van der Waals surface area (Å²) in [6.45, 7) is 8.41. The summed E-state index contributed by atoms with van der Waals surface area (Å²) < 4.78 is 0. The largest absolute Gasteiger partial charge is 0.360 e. The van der Waals surface area contributed by atoms with Gasteiger partial charge in [-0.05, 0) is 58.6 Å². The van der Waals surface area contributed by atoms with Crippen molar-refractivity contribution in [1.29, 1.82) is 0 Å². The van der Waals surface area contributed by atoms with Crippen LogP contribution >= 0.6 is 0 Å². The number of anilines is 1. The van der Waals surface area contributed by atoms with Gasteiger partial charge in [-0.3, -0.25) is 0 Å². The molecular formula is C16H30N4. The highest BCUT2D eigenvalue weighted by Gasteiger charge is 2.06. The van der Waals surface area contributed by atoms with Crippen LogP contribution in [0, 0.1) is 6.92 Å². The minimum absolute atomic E-state index is 0.914. The third-order valence-corrected chi connectivity index (χ3v) is 3.41. The highest BCUT2D eigenvalue weighted by molar-refractivity contribution is 5.40. The number of aromatic nitrogens is 1. The van der Waals surface area contributed by atoms with Gasteiger partial charge in [0, 0.05) is 25.8 Å². The lowest BCUT2D eigenvalue weighted by molar-refractivity contribution is 0.401. The zero-order chi connectivity index (χ0) is 15.0. The Morgan fingerprint density at radius 2 is 1.90 bits per heavy atom. The van der Waals surface area contributed by atoms with Crippen LogP contribution in [0.1, 0.15) is 31.0 Å². The number of pyridine rings is 1. The SMILES string of the molecule is CCCNCc1ccc(N(C)CCCN(C)C)nc1C. The van der Waals surface area contributed by atoms with Crippen LogP contribution < -0.4 is 10.2 Å². The van der Waals surface area contributed by atoms with Crippen LogP contribution in [0.2, 0.25) is 0 Å². The molecule has 0 unspecified atom stereocenters. The van der Waals surface area contributed by atoms with E-state index in [9.17, 15) is 0 Å². The van der Waals surface area contributed by atoms with Gasteiger partial charge >= 0.3 is 0 Å². The van der Waals surface area contributed by atoms with Crippen molar-refractivity contribution < 1.29 is 0 Å². The topological polar surface area (TPSA) is 31.4 Å². The van der Waals surface area contributed by atoms with E-state index in [1.54, 1.807) is 0 Å². The molecule has 1 aromatic rings. The highest BCUT2D eigenvalue weighted by Crippen LogP contribution is 2.14. The first-order chi connectivity index (χ1) is 9.54. The molecule has 1 N–H and O–H groups in total. The molecule has 1 heterocycles. The summed E-state index contributed by atoms with van der Waals surface area (Å²) in [5.41, 5.74) is 2.43. The molecule has 0 fully saturated rings. The Bertz CT molecular complexity index is 390. The van der Waals surface area contributed by atoms with Crippen molar-refractivity contribution in [3.05, 3.63) is 23.4 Å². The molecule has 4 heteroatoms. The molecule has 0 spiro atoms. The normalized spacial score (nSPS) is 11.1. The predicted octanol–water partition coefficient (Wildman–Crippen LogP) is 2.28. The maximum absolute atomic E-state index is 4.72. The molecule has 0 bridgehead atoms. The second kappa shape index (κ2) is 8.93. The number of rotatable bonds is 9. The number of nitrogens with one attached hydrogen (secondary N) is 1. The van der Waals surface area contributed by atoms with Gasteiger partial charge in [-0.15, -0.1) is 0 Å². The first-order valence-electron chi connectivity index (χ1n) is 7.57. The number of nitrogens with zero attached hydrogens (tertiary/aromatic N) is 3. The van der Waals surface area contributed by atoms with Gasteiger partial charge in [0.1, 0.15) is 5.82 Å². The molecule has 1 aromatic heterocycles. The smallest absolute Gasteiger partial charge is 0.128 e. The molecule has 0 saturated carbocycles. The van der Waals surface area contributed by atoms with E-state index in [1.807, 2.05) is 0 Å². The van der Waals surface area contributed by atoms with Crippen LogP contribution in [0.25, 0.3) is 0 Å². The third kappa shape index (κ3) is 5.88. The molecule has 0 atom stereocenters. The average Bonchev–Trinajstić information content (AvgIpc) is 2.40. The Morgan fingerprint density at radius 1 is 1.15 bits per heavy atom. The zero-order valence-electron chi connectivity index (χ0n) is 13.7. The number of hydrogen-bond donors (Lipinski definition) is 1. The standard InChI is InChI=1S/C16H30N4/c1-6-10-17-13-15-8-9-16(18-14(15)2)20(5)12-7-11-19(3)4/h8-9,17H,6-7,10-13H2,1-5H3. The predicted molar refractivity (Wildman–Crippen MR) is 87.4 cm³/mol. The Labute approximate surface area is 124 Å². The lowest BCUT2D eigenvalue weighted by Gasteiger charge is -2.20. The van der Waals surface area contributed by atoms with Gasteiger partial charge in [0.25, 0.3) is 0 Å². The summed E-state index contributed by atoms with van der Waals surface area (Å²) in [7, 11) is 6.34. The van der Waals surface area contributed by atoms with Crippen molar-refractivity contribution in [2.24, 2.45) is 0 Å². The molecule has 0 aromatic carbocycles. The van der Waals surface area contributed by atoms with E-state index in [0.29, 0.717) is 0 Å². The molecule has 0 saturated heterocycles. The molecule has 0 aliphatic heterocycles. The summed E-state index contributed by atoms with van der Waals surface area (Å²) in [5.74, 6) is 1.07. The van der Waals surface area contributed by atoms with E-state index >= 15 is 0 Å². The van der Waals surface area contributed by atoms with Gasteiger partial charge in [0.15, 0.2) is 0 Å². The van der Waals surface area contributed by atoms with E-state index in [-0.39, 0.29) is 0 Å². The quantitative estimate of drug-likeness (QED) is 0.702. The van der Waals surface area contributed by atoms with Gasteiger partial charge in [0.2, 0.25) is 0 Å². The second-order valence-electron chi connectivity index (χ2n) is 5.67. The van der Waals surface area contributed by atoms with Crippen molar-refractivity contribution >= 4 is 5.82 Å². The van der Waals surface area contributed by atoms with Gasteiger partial charge in [0.05, 0.1) is 0 Å². The maximum Gasteiger partial charge on any atom is 0.128 e. The van der Waals surface area contributed by atoms with Crippen LogP contribution in [-0.4, -0.2) is 50.7 Å². The number of hydrogen-bond acceptors (Lipinski definition) is 4. The van der Waals surface area contributed by atoms with E-state index < -0.39 is 0 Å². The van der Waals surface area contributed by atoms with E-state index in [1.165, 1.54) is 12.0 Å². The summed E-state index contributed by atoms with van der Waals surface area (Å²) in [4.78, 5) is 9.18. The second-order valence-corrected chi connectivity index (χ2v) is 5.67. The summed E-state index contributed by atoms with van der Waals surface area (Å²) in [5, 5.41) is 3.43. The summed E-state index contributed by atoms with van der Waals surface area (Å²) in [6.07, 6.45) is 2.32. The molecule has 4 nitrogen and oxygen atoms in total. The van der Waals surface area contributed by atoms with Crippen LogP contribution in [0.3, 0.4) is 0 Å². The van der Waals surface area contributed by atoms with Gasteiger partial charge in [-0.25, -0.2) is 4.98 Å². The van der Waals surface area contributed by atoms with E-state index in [4.69, 9.17) is 4.98 Å². The van der Waals surface area contributed by atoms with Crippen molar-refractivity contribution in [1.82, 2.24) is 15.2 Å². The van der Waals surface area contributed by atoms with Crippen LogP contribution in [0.4, 0.5) is 5.82 Å². The maximum atomic E-state index is 4.72. The fourth-order valence-electron chi connectivity index (χ4n) is 2.11. The zero-order valence-corrected chi connectivity index (χ0v) is 13.7. The third-order valence-electron chi connectivity index (χ3n) is 3.41. The Kier molecular flexibility index (Phi) is 7.55. The molecule has 0 radical (unpaired) electrons. The fourth-order valence-corrected chi connectivity index (χ4v) is 2.11. The number of aryl methyl sites for hydroxylation is 1. The minimum Gasteiger partial charge on any atom is -0.360 e. The first-order valence-corrected chi connectivity index (χ1v) is 7.57.